The monoisotopic (exact) mass is 309 g/mol. The Bertz CT molecular complexity index is 754. The number of para-hydroxylation sites is 1. The number of carbonyl (C=O) groups excluding carboxylic acids is 1. The number of nitrogens with zero attached hydrogens (tertiary/aromatic N) is 2. The lowest BCUT2D eigenvalue weighted by molar-refractivity contribution is 0.101. The number of amides is 1. The van der Waals surface area contributed by atoms with Gasteiger partial charge in [0.15, 0.2) is 0 Å². The van der Waals surface area contributed by atoms with E-state index in [-0.39, 0.29) is 23.0 Å². The second kappa shape index (κ2) is 6.02. The highest BCUT2D eigenvalue weighted by molar-refractivity contribution is 7.89. The molecule has 0 atom stereocenters. The lowest BCUT2D eigenvalue weighted by Gasteiger charge is -2.10. The van der Waals surface area contributed by atoms with Gasteiger partial charge in [-0.25, -0.2) is 18.1 Å². The van der Waals surface area contributed by atoms with Gasteiger partial charge >= 0.3 is 0 Å². The first kappa shape index (κ1) is 15.1. The third-order valence-corrected chi connectivity index (χ3v) is 4.16. The molecule has 0 radical (unpaired) electrons. The normalized spacial score (nSPS) is 11.3. The summed E-state index contributed by atoms with van der Waals surface area (Å²) in [7, 11) is -3.68. The van der Waals surface area contributed by atoms with E-state index in [4.69, 9.17) is 0 Å². The molecule has 0 aliphatic carbocycles. The second-order valence-corrected chi connectivity index (χ2v) is 5.93. The van der Waals surface area contributed by atoms with Gasteiger partial charge in [0.25, 0.3) is 5.91 Å². The topological polar surface area (TPSA) is 117 Å². The van der Waals surface area contributed by atoms with Crippen LogP contribution in [0.25, 0.3) is 0 Å². The summed E-state index contributed by atoms with van der Waals surface area (Å²) in [5.74, 6) is -0.143. The molecule has 112 valence electrons. The van der Waals surface area contributed by atoms with Crippen LogP contribution in [-0.2, 0) is 10.0 Å². The van der Waals surface area contributed by atoms with Crippen molar-refractivity contribution < 1.29 is 13.2 Å². The summed E-state index contributed by atoms with van der Waals surface area (Å²) in [5, 5.41) is 8.78. The van der Waals surface area contributed by atoms with Gasteiger partial charge in [-0.15, -0.1) is 5.10 Å². The molecule has 0 fully saturated rings. The maximum Gasteiger partial charge on any atom is 0.295 e. The molecule has 0 spiro atoms. The number of H-pyrrole nitrogens is 1. The molecule has 0 unspecified atom stereocenters. The zero-order valence-electron chi connectivity index (χ0n) is 11.5. The first-order valence-electron chi connectivity index (χ1n) is 6.23. The summed E-state index contributed by atoms with van der Waals surface area (Å²) < 4.78 is 26.5. The van der Waals surface area contributed by atoms with Gasteiger partial charge in [0.1, 0.15) is 10.7 Å². The fraction of sp³-hybridized carbons (Fsp3) is 0.250. The van der Waals surface area contributed by atoms with Crippen molar-refractivity contribution in [2.24, 2.45) is 0 Å². The number of carbonyl (C=O) groups is 1. The summed E-state index contributed by atoms with van der Waals surface area (Å²) >= 11 is 0. The van der Waals surface area contributed by atoms with Crippen molar-refractivity contribution in [3.63, 3.8) is 0 Å². The Morgan fingerprint density at radius 2 is 2.05 bits per heavy atom. The van der Waals surface area contributed by atoms with Gasteiger partial charge < -0.3 is 5.32 Å². The predicted molar refractivity (Wildman–Crippen MR) is 76.4 cm³/mol. The van der Waals surface area contributed by atoms with Crippen LogP contribution in [0, 0.1) is 6.92 Å². The Hall–Kier alpha value is -2.26. The summed E-state index contributed by atoms with van der Waals surface area (Å²) in [6.07, 6.45) is 0. The Morgan fingerprint density at radius 3 is 2.67 bits per heavy atom. The number of nitrogens with one attached hydrogen (secondary N) is 3. The highest BCUT2D eigenvalue weighted by Gasteiger charge is 2.20. The van der Waals surface area contributed by atoms with Gasteiger partial charge in [-0.2, -0.15) is 0 Å². The van der Waals surface area contributed by atoms with Crippen LogP contribution in [0.3, 0.4) is 0 Å². The Balaban J connectivity index is 2.31. The van der Waals surface area contributed by atoms with Crippen LogP contribution in [0.4, 0.5) is 5.69 Å². The SMILES string of the molecule is CCNS(=O)(=O)c1ccccc1NC(=O)c1n[nH]c(C)n1. The summed E-state index contributed by atoms with van der Waals surface area (Å²) in [4.78, 5) is 15.9. The van der Waals surface area contributed by atoms with E-state index in [0.717, 1.165) is 0 Å². The molecule has 3 N–H and O–H groups in total. The minimum absolute atomic E-state index is 0.00698. The number of aryl methyl sites for hydroxylation is 1. The number of rotatable bonds is 5. The zero-order valence-corrected chi connectivity index (χ0v) is 12.4. The number of hydrogen-bond acceptors (Lipinski definition) is 5. The number of sulfonamides is 1. The average molecular weight is 309 g/mol. The molecule has 2 aromatic rings. The molecule has 9 heteroatoms. The number of benzene rings is 1. The quantitative estimate of drug-likeness (QED) is 0.750. The lowest BCUT2D eigenvalue weighted by atomic mass is 10.3. The fourth-order valence-corrected chi connectivity index (χ4v) is 2.90. The predicted octanol–water partition coefficient (Wildman–Crippen LogP) is 0.664. The molecule has 21 heavy (non-hydrogen) atoms. The Morgan fingerprint density at radius 1 is 1.33 bits per heavy atom. The van der Waals surface area contributed by atoms with Crippen LogP contribution in [0.5, 0.6) is 0 Å². The maximum atomic E-state index is 12.1. The lowest BCUT2D eigenvalue weighted by Crippen LogP contribution is -2.25. The molecule has 1 heterocycles. The van der Waals surface area contributed by atoms with Gasteiger partial charge in [-0.3, -0.25) is 9.89 Å². The van der Waals surface area contributed by atoms with E-state index < -0.39 is 15.9 Å². The molecule has 1 amide bonds. The van der Waals surface area contributed by atoms with Gasteiger partial charge in [-0.1, -0.05) is 19.1 Å². The molecule has 0 aliphatic heterocycles. The van der Waals surface area contributed by atoms with E-state index in [1.54, 1.807) is 26.0 Å². The van der Waals surface area contributed by atoms with E-state index in [1.165, 1.54) is 12.1 Å². The van der Waals surface area contributed by atoms with E-state index in [0.29, 0.717) is 5.82 Å². The van der Waals surface area contributed by atoms with Crippen molar-refractivity contribution in [2.75, 3.05) is 11.9 Å². The second-order valence-electron chi connectivity index (χ2n) is 4.20. The third kappa shape index (κ3) is 3.44. The highest BCUT2D eigenvalue weighted by atomic mass is 32.2. The van der Waals surface area contributed by atoms with Crippen LogP contribution in [0.15, 0.2) is 29.2 Å². The maximum absolute atomic E-state index is 12.1. The summed E-state index contributed by atoms with van der Waals surface area (Å²) in [6.45, 7) is 3.59. The van der Waals surface area contributed by atoms with Crippen LogP contribution in [-0.4, -0.2) is 36.1 Å². The molecule has 2 rings (SSSR count). The number of anilines is 1. The van der Waals surface area contributed by atoms with Crippen molar-refractivity contribution in [1.29, 1.82) is 0 Å². The van der Waals surface area contributed by atoms with E-state index >= 15 is 0 Å². The first-order valence-corrected chi connectivity index (χ1v) is 7.71. The molecule has 0 bridgehead atoms. The fourth-order valence-electron chi connectivity index (χ4n) is 1.69. The van der Waals surface area contributed by atoms with Crippen molar-refractivity contribution in [3.05, 3.63) is 35.9 Å². The minimum Gasteiger partial charge on any atom is -0.318 e. The molecule has 1 aromatic carbocycles. The Labute approximate surface area is 122 Å². The van der Waals surface area contributed by atoms with Crippen molar-refractivity contribution in [3.8, 4) is 0 Å². The Kier molecular flexibility index (Phi) is 4.34. The van der Waals surface area contributed by atoms with E-state index in [9.17, 15) is 13.2 Å². The van der Waals surface area contributed by atoms with Crippen LogP contribution in [0.2, 0.25) is 0 Å². The molecular weight excluding hydrogens is 294 g/mol. The molecule has 0 aliphatic rings. The van der Waals surface area contributed by atoms with Gasteiger partial charge in [-0.05, 0) is 19.1 Å². The van der Waals surface area contributed by atoms with Gasteiger partial charge in [0.05, 0.1) is 5.69 Å². The van der Waals surface area contributed by atoms with Crippen LogP contribution in [0.1, 0.15) is 23.4 Å². The van der Waals surface area contributed by atoms with Gasteiger partial charge in [0.2, 0.25) is 15.8 Å². The van der Waals surface area contributed by atoms with Crippen molar-refractivity contribution in [1.82, 2.24) is 19.9 Å². The van der Waals surface area contributed by atoms with E-state index in [1.807, 2.05) is 0 Å². The van der Waals surface area contributed by atoms with Gasteiger partial charge in [0, 0.05) is 6.54 Å². The van der Waals surface area contributed by atoms with Crippen LogP contribution < -0.4 is 10.0 Å². The number of aromatic amines is 1. The van der Waals surface area contributed by atoms with Crippen LogP contribution >= 0.6 is 0 Å². The van der Waals surface area contributed by atoms with Crippen molar-refractivity contribution in [2.45, 2.75) is 18.7 Å². The summed E-state index contributed by atoms with van der Waals surface area (Å²) in [5.41, 5.74) is 0.172. The summed E-state index contributed by atoms with van der Waals surface area (Å²) in [6, 6.07) is 6.12. The zero-order chi connectivity index (χ0) is 15.5. The smallest absolute Gasteiger partial charge is 0.295 e. The largest absolute Gasteiger partial charge is 0.318 e. The third-order valence-electron chi connectivity index (χ3n) is 2.56. The highest BCUT2D eigenvalue weighted by Crippen LogP contribution is 2.20. The molecule has 8 nitrogen and oxygen atoms in total. The van der Waals surface area contributed by atoms with E-state index in [2.05, 4.69) is 25.2 Å². The average Bonchev–Trinajstić information content (AvgIpc) is 2.86. The molecule has 0 saturated carbocycles. The van der Waals surface area contributed by atoms with Crippen molar-refractivity contribution >= 4 is 21.6 Å². The molecular formula is C12H15N5O3S. The molecule has 0 saturated heterocycles. The number of hydrogen-bond donors (Lipinski definition) is 3. The minimum atomic E-state index is -3.68. The first-order chi connectivity index (χ1) is 9.94. The standard InChI is InChI=1S/C12H15N5O3S/c1-3-13-21(19,20)10-7-5-4-6-9(10)15-12(18)11-14-8(2)16-17-11/h4-7,13H,3H2,1-2H3,(H,15,18)(H,14,16,17). The number of aromatic nitrogens is 3. The molecule has 1 aromatic heterocycles.